The fourth-order valence-corrected chi connectivity index (χ4v) is 3.37. The highest BCUT2D eigenvalue weighted by molar-refractivity contribution is 8.00. The van der Waals surface area contributed by atoms with E-state index in [2.05, 4.69) is 10.6 Å². The molecule has 142 valence electrons. The molecule has 0 aromatic heterocycles. The Balaban J connectivity index is 1.47. The van der Waals surface area contributed by atoms with E-state index in [1.807, 2.05) is 85.8 Å². The van der Waals surface area contributed by atoms with E-state index in [1.165, 1.54) is 11.8 Å². The van der Waals surface area contributed by atoms with Crippen molar-refractivity contribution >= 4 is 35.0 Å². The zero-order valence-electron chi connectivity index (χ0n) is 15.6. The Morgan fingerprint density at radius 3 is 2.18 bits per heavy atom. The molecule has 0 bridgehead atoms. The summed E-state index contributed by atoms with van der Waals surface area (Å²) >= 11 is 1.46. The highest BCUT2D eigenvalue weighted by Crippen LogP contribution is 2.21. The molecule has 0 saturated carbocycles. The molecular weight excluding hydrogens is 368 g/mol. The van der Waals surface area contributed by atoms with Gasteiger partial charge in [0.2, 0.25) is 11.8 Å². The molecule has 0 radical (unpaired) electrons. The topological polar surface area (TPSA) is 58.2 Å². The van der Waals surface area contributed by atoms with E-state index in [-0.39, 0.29) is 11.8 Å². The average Bonchev–Trinajstić information content (AvgIpc) is 2.70. The molecular formula is C23H22N2O2S. The largest absolute Gasteiger partial charge is 0.326 e. The van der Waals surface area contributed by atoms with Gasteiger partial charge in [0.1, 0.15) is 0 Å². The number of carbonyl (C=O) groups is 2. The minimum absolute atomic E-state index is 0.0421. The summed E-state index contributed by atoms with van der Waals surface area (Å²) in [6, 6.07) is 24.9. The first kappa shape index (κ1) is 19.7. The van der Waals surface area contributed by atoms with Crippen LogP contribution in [-0.2, 0) is 16.0 Å². The molecule has 0 aliphatic rings. The zero-order valence-corrected chi connectivity index (χ0v) is 16.5. The van der Waals surface area contributed by atoms with Crippen molar-refractivity contribution in [2.45, 2.75) is 18.2 Å². The van der Waals surface area contributed by atoms with Gasteiger partial charge in [0.25, 0.3) is 0 Å². The molecule has 0 atom stereocenters. The smallest absolute Gasteiger partial charge is 0.234 e. The number of para-hydroxylation sites is 1. The maximum Gasteiger partial charge on any atom is 0.234 e. The first-order valence-electron chi connectivity index (χ1n) is 9.02. The maximum absolute atomic E-state index is 12.1. The summed E-state index contributed by atoms with van der Waals surface area (Å²) in [5.74, 6) is 0.234. The Bertz CT molecular complexity index is 940. The molecule has 0 unspecified atom stereocenters. The quantitative estimate of drug-likeness (QED) is 0.564. The molecule has 0 saturated heterocycles. The van der Waals surface area contributed by atoms with Crippen molar-refractivity contribution < 1.29 is 9.59 Å². The summed E-state index contributed by atoms with van der Waals surface area (Å²) in [6.07, 6.45) is 0.344. The van der Waals surface area contributed by atoms with Gasteiger partial charge in [-0.2, -0.15) is 0 Å². The van der Waals surface area contributed by atoms with E-state index in [4.69, 9.17) is 0 Å². The predicted molar refractivity (Wildman–Crippen MR) is 116 cm³/mol. The van der Waals surface area contributed by atoms with Crippen LogP contribution >= 0.6 is 11.8 Å². The van der Waals surface area contributed by atoms with E-state index in [0.717, 1.165) is 27.4 Å². The van der Waals surface area contributed by atoms with Crippen LogP contribution in [0, 0.1) is 6.92 Å². The van der Waals surface area contributed by atoms with Crippen LogP contribution in [0.5, 0.6) is 0 Å². The Labute approximate surface area is 169 Å². The number of anilines is 2. The molecule has 5 heteroatoms. The van der Waals surface area contributed by atoms with Gasteiger partial charge in [-0.1, -0.05) is 48.5 Å². The van der Waals surface area contributed by atoms with Crippen LogP contribution in [0.3, 0.4) is 0 Å². The molecule has 3 aromatic rings. The lowest BCUT2D eigenvalue weighted by molar-refractivity contribution is -0.115. The van der Waals surface area contributed by atoms with Crippen LogP contribution < -0.4 is 10.6 Å². The lowest BCUT2D eigenvalue weighted by Crippen LogP contribution is -2.15. The minimum Gasteiger partial charge on any atom is -0.326 e. The van der Waals surface area contributed by atoms with Gasteiger partial charge >= 0.3 is 0 Å². The van der Waals surface area contributed by atoms with Gasteiger partial charge < -0.3 is 10.6 Å². The van der Waals surface area contributed by atoms with Crippen LogP contribution in [0.25, 0.3) is 0 Å². The van der Waals surface area contributed by atoms with Gasteiger partial charge in [-0.3, -0.25) is 9.59 Å². The van der Waals surface area contributed by atoms with Gasteiger partial charge in [-0.15, -0.1) is 11.8 Å². The van der Waals surface area contributed by atoms with Gasteiger partial charge in [-0.05, 0) is 48.4 Å². The summed E-state index contributed by atoms with van der Waals surface area (Å²) in [5.41, 5.74) is 3.60. The van der Waals surface area contributed by atoms with Gasteiger partial charge in [-0.25, -0.2) is 0 Å². The SMILES string of the molecule is Cc1ccccc1NC(=O)CSc1ccc(NC(=O)Cc2ccccc2)cc1. The van der Waals surface area contributed by atoms with Crippen molar-refractivity contribution in [3.05, 3.63) is 90.0 Å². The van der Waals surface area contributed by atoms with E-state index in [9.17, 15) is 9.59 Å². The van der Waals surface area contributed by atoms with Crippen molar-refractivity contribution in [2.75, 3.05) is 16.4 Å². The molecule has 0 spiro atoms. The van der Waals surface area contributed by atoms with E-state index < -0.39 is 0 Å². The molecule has 0 heterocycles. The Morgan fingerprint density at radius 1 is 0.786 bits per heavy atom. The standard InChI is InChI=1S/C23H22N2O2S/c1-17-7-5-6-10-21(17)25-23(27)16-28-20-13-11-19(12-14-20)24-22(26)15-18-8-3-2-4-9-18/h2-14H,15-16H2,1H3,(H,24,26)(H,25,27). The minimum atomic E-state index is -0.0517. The van der Waals surface area contributed by atoms with E-state index in [0.29, 0.717) is 12.2 Å². The molecule has 28 heavy (non-hydrogen) atoms. The van der Waals surface area contributed by atoms with E-state index >= 15 is 0 Å². The number of amides is 2. The number of hydrogen-bond donors (Lipinski definition) is 2. The molecule has 0 aliphatic heterocycles. The average molecular weight is 391 g/mol. The zero-order chi connectivity index (χ0) is 19.8. The number of carbonyl (C=O) groups excluding carboxylic acids is 2. The molecule has 0 fully saturated rings. The van der Waals surface area contributed by atoms with Crippen LogP contribution in [0.1, 0.15) is 11.1 Å². The Morgan fingerprint density at radius 2 is 1.46 bits per heavy atom. The summed E-state index contributed by atoms with van der Waals surface area (Å²) in [5, 5.41) is 5.82. The van der Waals surface area contributed by atoms with Gasteiger partial charge in [0, 0.05) is 16.3 Å². The first-order valence-corrected chi connectivity index (χ1v) is 10.0. The number of hydrogen-bond acceptors (Lipinski definition) is 3. The molecule has 3 rings (SSSR count). The second kappa shape index (κ2) is 9.76. The lowest BCUT2D eigenvalue weighted by Gasteiger charge is -2.09. The van der Waals surface area contributed by atoms with Crippen LogP contribution in [0.2, 0.25) is 0 Å². The summed E-state index contributed by atoms with van der Waals surface area (Å²) in [7, 11) is 0. The summed E-state index contributed by atoms with van der Waals surface area (Å²) < 4.78 is 0. The van der Waals surface area contributed by atoms with Crippen molar-refractivity contribution in [3.8, 4) is 0 Å². The number of nitrogens with one attached hydrogen (secondary N) is 2. The van der Waals surface area contributed by atoms with Gasteiger partial charge in [0.05, 0.1) is 12.2 Å². The van der Waals surface area contributed by atoms with Gasteiger partial charge in [0.15, 0.2) is 0 Å². The van der Waals surface area contributed by atoms with E-state index in [1.54, 1.807) is 0 Å². The predicted octanol–water partition coefficient (Wildman–Crippen LogP) is 4.91. The van der Waals surface area contributed by atoms with Crippen molar-refractivity contribution in [3.63, 3.8) is 0 Å². The Kier molecular flexibility index (Phi) is 6.87. The molecule has 4 nitrogen and oxygen atoms in total. The summed E-state index contributed by atoms with van der Waals surface area (Å²) in [4.78, 5) is 25.2. The number of aryl methyl sites for hydroxylation is 1. The lowest BCUT2D eigenvalue weighted by atomic mass is 10.1. The monoisotopic (exact) mass is 390 g/mol. The third-order valence-corrected chi connectivity index (χ3v) is 5.15. The maximum atomic E-state index is 12.1. The molecule has 2 N–H and O–H groups in total. The van der Waals surface area contributed by atoms with Crippen LogP contribution in [-0.4, -0.2) is 17.6 Å². The summed E-state index contributed by atoms with van der Waals surface area (Å²) in [6.45, 7) is 1.97. The van der Waals surface area contributed by atoms with Crippen LogP contribution in [0.4, 0.5) is 11.4 Å². The first-order chi connectivity index (χ1) is 13.6. The highest BCUT2D eigenvalue weighted by atomic mass is 32.2. The fraction of sp³-hybridized carbons (Fsp3) is 0.130. The fourth-order valence-electron chi connectivity index (χ4n) is 2.67. The number of thioether (sulfide) groups is 1. The van der Waals surface area contributed by atoms with Crippen molar-refractivity contribution in [1.82, 2.24) is 0 Å². The molecule has 3 aromatic carbocycles. The second-order valence-corrected chi connectivity index (χ2v) is 7.44. The normalized spacial score (nSPS) is 10.3. The third kappa shape index (κ3) is 5.99. The Hall–Kier alpha value is -3.05. The molecule has 0 aliphatic carbocycles. The van der Waals surface area contributed by atoms with Crippen molar-refractivity contribution in [2.24, 2.45) is 0 Å². The highest BCUT2D eigenvalue weighted by Gasteiger charge is 2.07. The second-order valence-electron chi connectivity index (χ2n) is 6.39. The van der Waals surface area contributed by atoms with Crippen molar-refractivity contribution in [1.29, 1.82) is 0 Å². The van der Waals surface area contributed by atoms with Crippen LogP contribution in [0.15, 0.2) is 83.8 Å². The third-order valence-electron chi connectivity index (χ3n) is 4.13. The molecule has 2 amide bonds. The number of benzene rings is 3. The number of rotatable bonds is 7.